The highest BCUT2D eigenvalue weighted by Crippen LogP contribution is 2.26. The van der Waals surface area contributed by atoms with Crippen LogP contribution in [-0.2, 0) is 10.0 Å². The molecule has 0 radical (unpaired) electrons. The Morgan fingerprint density at radius 2 is 1.70 bits per heavy atom. The molecule has 6 nitrogen and oxygen atoms in total. The third kappa shape index (κ3) is 3.90. The number of benzene rings is 2. The van der Waals surface area contributed by atoms with Crippen molar-refractivity contribution in [3.05, 3.63) is 69.8 Å². The summed E-state index contributed by atoms with van der Waals surface area (Å²) in [5.74, 6) is -0.170. The molecule has 1 aromatic heterocycles. The predicted molar refractivity (Wildman–Crippen MR) is 118 cm³/mol. The van der Waals surface area contributed by atoms with E-state index < -0.39 is 10.0 Å². The lowest BCUT2D eigenvalue weighted by molar-refractivity contribution is 0.0697. The summed E-state index contributed by atoms with van der Waals surface area (Å²) in [6, 6.07) is 13.5. The van der Waals surface area contributed by atoms with Gasteiger partial charge in [-0.15, -0.1) is 0 Å². The van der Waals surface area contributed by atoms with E-state index in [1.165, 1.54) is 10.4 Å². The van der Waals surface area contributed by atoms with E-state index in [2.05, 4.69) is 4.98 Å². The van der Waals surface area contributed by atoms with Crippen LogP contribution in [0.15, 0.2) is 53.4 Å². The zero-order valence-corrected chi connectivity index (χ0v) is 18.5. The van der Waals surface area contributed by atoms with E-state index in [0.29, 0.717) is 16.3 Å². The van der Waals surface area contributed by atoms with Gasteiger partial charge in [0.1, 0.15) is 4.90 Å². The molecule has 1 fully saturated rings. The molecule has 4 rings (SSSR count). The SMILES string of the molecule is Cc1nc2ccc(Cl)cc2cc1C(=O)N1CCN(S(=O)(=O)c2ccccc2Cl)CC1. The maximum Gasteiger partial charge on any atom is 0.255 e. The Morgan fingerprint density at radius 3 is 2.40 bits per heavy atom. The topological polar surface area (TPSA) is 70.6 Å². The average molecular weight is 464 g/mol. The molecule has 1 saturated heterocycles. The fourth-order valence-electron chi connectivity index (χ4n) is 3.56. The monoisotopic (exact) mass is 463 g/mol. The average Bonchev–Trinajstić information content (AvgIpc) is 2.73. The zero-order valence-electron chi connectivity index (χ0n) is 16.2. The van der Waals surface area contributed by atoms with Gasteiger partial charge in [0, 0.05) is 36.6 Å². The maximum absolute atomic E-state index is 13.1. The molecular formula is C21H19Cl2N3O3S. The van der Waals surface area contributed by atoms with Crippen molar-refractivity contribution in [2.45, 2.75) is 11.8 Å². The van der Waals surface area contributed by atoms with Crippen LogP contribution in [0.4, 0.5) is 0 Å². The van der Waals surface area contributed by atoms with Crippen molar-refractivity contribution in [3.8, 4) is 0 Å². The fraction of sp³-hybridized carbons (Fsp3) is 0.238. The highest BCUT2D eigenvalue weighted by atomic mass is 35.5. The van der Waals surface area contributed by atoms with Gasteiger partial charge in [-0.1, -0.05) is 35.3 Å². The van der Waals surface area contributed by atoms with Crippen molar-refractivity contribution in [2.24, 2.45) is 0 Å². The van der Waals surface area contributed by atoms with Gasteiger partial charge >= 0.3 is 0 Å². The van der Waals surface area contributed by atoms with Crippen LogP contribution in [0.25, 0.3) is 10.9 Å². The summed E-state index contributed by atoms with van der Waals surface area (Å²) in [6.07, 6.45) is 0. The van der Waals surface area contributed by atoms with Gasteiger partial charge in [-0.2, -0.15) is 4.31 Å². The number of halogens is 2. The van der Waals surface area contributed by atoms with E-state index in [1.54, 1.807) is 48.2 Å². The van der Waals surface area contributed by atoms with E-state index in [0.717, 1.165) is 10.9 Å². The third-order valence-corrected chi connectivity index (χ3v) is 7.81. The number of fused-ring (bicyclic) bond motifs is 1. The van der Waals surface area contributed by atoms with Crippen LogP contribution in [0, 0.1) is 6.92 Å². The first-order valence-electron chi connectivity index (χ1n) is 9.38. The number of hydrogen-bond acceptors (Lipinski definition) is 4. The minimum atomic E-state index is -3.71. The largest absolute Gasteiger partial charge is 0.336 e. The molecule has 156 valence electrons. The molecular weight excluding hydrogens is 445 g/mol. The maximum atomic E-state index is 13.1. The van der Waals surface area contributed by atoms with Gasteiger partial charge in [-0.05, 0) is 43.3 Å². The molecule has 0 aliphatic carbocycles. The number of aryl methyl sites for hydroxylation is 1. The summed E-state index contributed by atoms with van der Waals surface area (Å²) in [5.41, 5.74) is 1.89. The molecule has 0 saturated carbocycles. The summed E-state index contributed by atoms with van der Waals surface area (Å²) in [7, 11) is -3.71. The van der Waals surface area contributed by atoms with Crippen molar-refractivity contribution in [2.75, 3.05) is 26.2 Å². The summed E-state index contributed by atoms with van der Waals surface area (Å²) in [5, 5.41) is 1.55. The molecule has 0 N–H and O–H groups in total. The van der Waals surface area contributed by atoms with Gasteiger partial charge in [0.2, 0.25) is 10.0 Å². The standard InChI is InChI=1S/C21H19Cl2N3O3S/c1-14-17(13-15-12-16(22)6-7-19(15)24-14)21(27)25-8-10-26(11-9-25)30(28,29)20-5-3-2-4-18(20)23/h2-7,12-13H,8-11H2,1H3. The highest BCUT2D eigenvalue weighted by molar-refractivity contribution is 7.89. The highest BCUT2D eigenvalue weighted by Gasteiger charge is 2.32. The summed E-state index contributed by atoms with van der Waals surface area (Å²) >= 11 is 12.1. The van der Waals surface area contributed by atoms with Crippen LogP contribution in [0.5, 0.6) is 0 Å². The molecule has 2 aromatic carbocycles. The molecule has 9 heteroatoms. The first kappa shape index (κ1) is 21.1. The number of carbonyl (C=O) groups is 1. The third-order valence-electron chi connectivity index (χ3n) is 5.18. The number of hydrogen-bond donors (Lipinski definition) is 0. The number of sulfonamides is 1. The number of pyridine rings is 1. The van der Waals surface area contributed by atoms with Crippen molar-refractivity contribution in [3.63, 3.8) is 0 Å². The van der Waals surface area contributed by atoms with Gasteiger partial charge in [0.15, 0.2) is 0 Å². The fourth-order valence-corrected chi connectivity index (χ4v) is 5.65. The Hall–Kier alpha value is -2.19. The molecule has 0 atom stereocenters. The second kappa shape index (κ2) is 8.15. The second-order valence-electron chi connectivity index (χ2n) is 7.09. The Labute approximate surface area is 185 Å². The van der Waals surface area contributed by atoms with Gasteiger partial charge in [0.05, 0.1) is 21.8 Å². The van der Waals surface area contributed by atoms with Crippen LogP contribution in [-0.4, -0.2) is 54.7 Å². The summed E-state index contributed by atoms with van der Waals surface area (Å²) < 4.78 is 27.2. The van der Waals surface area contributed by atoms with E-state index >= 15 is 0 Å². The molecule has 2 heterocycles. The van der Waals surface area contributed by atoms with Crippen LogP contribution in [0.1, 0.15) is 16.1 Å². The van der Waals surface area contributed by atoms with E-state index in [-0.39, 0.29) is 42.0 Å². The summed E-state index contributed by atoms with van der Waals surface area (Å²) in [6.45, 7) is 2.76. The Morgan fingerprint density at radius 1 is 1.00 bits per heavy atom. The number of aromatic nitrogens is 1. The normalized spacial score (nSPS) is 15.5. The van der Waals surface area contributed by atoms with Gasteiger partial charge in [-0.3, -0.25) is 9.78 Å². The number of carbonyl (C=O) groups excluding carboxylic acids is 1. The minimum absolute atomic E-state index is 0.0814. The van der Waals surface area contributed by atoms with Gasteiger partial charge < -0.3 is 4.90 Å². The van der Waals surface area contributed by atoms with E-state index in [9.17, 15) is 13.2 Å². The molecule has 3 aromatic rings. The van der Waals surface area contributed by atoms with Crippen LogP contribution < -0.4 is 0 Å². The number of piperazine rings is 1. The molecule has 30 heavy (non-hydrogen) atoms. The van der Waals surface area contributed by atoms with E-state index in [1.807, 2.05) is 6.07 Å². The molecule has 0 unspecified atom stereocenters. The molecule has 0 spiro atoms. The zero-order chi connectivity index (χ0) is 21.5. The second-order valence-corrected chi connectivity index (χ2v) is 9.84. The Kier molecular flexibility index (Phi) is 5.72. The predicted octanol–water partition coefficient (Wildman–Crippen LogP) is 4.00. The lowest BCUT2D eigenvalue weighted by Crippen LogP contribution is -2.50. The first-order chi connectivity index (χ1) is 14.3. The van der Waals surface area contributed by atoms with Crippen molar-refractivity contribution in [1.29, 1.82) is 0 Å². The molecule has 1 amide bonds. The van der Waals surface area contributed by atoms with Crippen molar-refractivity contribution in [1.82, 2.24) is 14.2 Å². The first-order valence-corrected chi connectivity index (χ1v) is 11.6. The van der Waals surface area contributed by atoms with Gasteiger partial charge in [-0.25, -0.2) is 8.42 Å². The summed E-state index contributed by atoms with van der Waals surface area (Å²) in [4.78, 5) is 19.3. The molecule has 1 aliphatic heterocycles. The van der Waals surface area contributed by atoms with Crippen molar-refractivity contribution >= 4 is 50.0 Å². The van der Waals surface area contributed by atoms with Crippen molar-refractivity contribution < 1.29 is 13.2 Å². The van der Waals surface area contributed by atoms with Gasteiger partial charge in [0.25, 0.3) is 5.91 Å². The number of nitrogens with zero attached hydrogens (tertiary/aromatic N) is 3. The Bertz CT molecular complexity index is 1240. The van der Waals surface area contributed by atoms with Crippen LogP contribution in [0.2, 0.25) is 10.0 Å². The number of amides is 1. The van der Waals surface area contributed by atoms with E-state index in [4.69, 9.17) is 23.2 Å². The van der Waals surface area contributed by atoms with Crippen LogP contribution >= 0.6 is 23.2 Å². The quantitative estimate of drug-likeness (QED) is 0.588. The minimum Gasteiger partial charge on any atom is -0.336 e. The number of rotatable bonds is 3. The lowest BCUT2D eigenvalue weighted by Gasteiger charge is -2.34. The molecule has 0 bridgehead atoms. The lowest BCUT2D eigenvalue weighted by atomic mass is 10.1. The van der Waals surface area contributed by atoms with Crippen LogP contribution in [0.3, 0.4) is 0 Å². The molecule has 1 aliphatic rings. The smallest absolute Gasteiger partial charge is 0.255 e. The Balaban J connectivity index is 1.53.